The van der Waals surface area contributed by atoms with E-state index >= 15 is 0 Å². The molecule has 0 radical (unpaired) electrons. The molecule has 0 unspecified atom stereocenters. The van der Waals surface area contributed by atoms with Crippen LogP contribution in [0.15, 0.2) is 24.3 Å². The van der Waals surface area contributed by atoms with Crippen molar-refractivity contribution in [2.24, 2.45) is 5.73 Å². The number of carbonyl (C=O) groups excluding carboxylic acids is 1. The molecule has 0 aliphatic heterocycles. The molecule has 0 aliphatic carbocycles. The molecule has 0 aromatic heterocycles. The molecule has 15 heavy (non-hydrogen) atoms. The van der Waals surface area contributed by atoms with Gasteiger partial charge in [0.05, 0.1) is 11.6 Å². The Bertz CT molecular complexity index is 382. The first kappa shape index (κ1) is 11.2. The van der Waals surface area contributed by atoms with Gasteiger partial charge in [-0.05, 0) is 31.2 Å². The number of nitrogens with two attached hydrogens (primary N) is 1. The molecule has 1 aromatic rings. The summed E-state index contributed by atoms with van der Waals surface area (Å²) in [5.41, 5.74) is 6.48. The van der Waals surface area contributed by atoms with Crippen LogP contribution < -0.4 is 11.1 Å². The van der Waals surface area contributed by atoms with Crippen LogP contribution in [0.1, 0.15) is 18.4 Å². The third kappa shape index (κ3) is 3.79. The lowest BCUT2D eigenvalue weighted by molar-refractivity contribution is -0.116. The molecule has 4 heteroatoms. The fourth-order valence-corrected chi connectivity index (χ4v) is 1.15. The van der Waals surface area contributed by atoms with Crippen molar-refractivity contribution >= 4 is 11.6 Å². The number of hydrogen-bond acceptors (Lipinski definition) is 3. The van der Waals surface area contributed by atoms with E-state index < -0.39 is 0 Å². The van der Waals surface area contributed by atoms with E-state index in [4.69, 9.17) is 11.0 Å². The van der Waals surface area contributed by atoms with Gasteiger partial charge in [0.25, 0.3) is 0 Å². The Labute approximate surface area is 88.7 Å². The van der Waals surface area contributed by atoms with Crippen molar-refractivity contribution in [3.05, 3.63) is 29.8 Å². The molecule has 1 aromatic carbocycles. The zero-order chi connectivity index (χ0) is 11.1. The molecule has 78 valence electrons. The molecule has 4 nitrogen and oxygen atoms in total. The SMILES string of the molecule is N#Cc1cccc(NC(=O)CCCN)c1. The van der Waals surface area contributed by atoms with Crippen LogP contribution in [0, 0.1) is 11.3 Å². The van der Waals surface area contributed by atoms with Crippen LogP contribution in [-0.2, 0) is 4.79 Å². The lowest BCUT2D eigenvalue weighted by Crippen LogP contribution is -2.13. The Balaban J connectivity index is 2.57. The summed E-state index contributed by atoms with van der Waals surface area (Å²) in [5.74, 6) is -0.0736. The maximum Gasteiger partial charge on any atom is 0.224 e. The van der Waals surface area contributed by atoms with Gasteiger partial charge in [-0.3, -0.25) is 4.79 Å². The van der Waals surface area contributed by atoms with E-state index in [0.29, 0.717) is 30.6 Å². The molecule has 0 saturated carbocycles. The molecule has 0 fully saturated rings. The molecule has 0 saturated heterocycles. The standard InChI is InChI=1S/C11H13N3O/c12-6-2-5-11(15)14-10-4-1-3-9(7-10)8-13/h1,3-4,7H,2,5-6,12H2,(H,14,15). The minimum atomic E-state index is -0.0736. The Kier molecular flexibility index (Phi) is 4.32. The molecule has 0 aliphatic rings. The molecule has 0 bridgehead atoms. The zero-order valence-corrected chi connectivity index (χ0v) is 8.36. The first-order chi connectivity index (χ1) is 7.26. The highest BCUT2D eigenvalue weighted by Gasteiger charge is 2.01. The number of nitriles is 1. The van der Waals surface area contributed by atoms with Crippen molar-refractivity contribution in [3.8, 4) is 6.07 Å². The minimum absolute atomic E-state index is 0.0736. The minimum Gasteiger partial charge on any atom is -0.330 e. The summed E-state index contributed by atoms with van der Waals surface area (Å²) in [6, 6.07) is 8.83. The highest BCUT2D eigenvalue weighted by molar-refractivity contribution is 5.90. The second kappa shape index (κ2) is 5.78. The van der Waals surface area contributed by atoms with E-state index in [1.807, 2.05) is 6.07 Å². The molecule has 0 spiro atoms. The fourth-order valence-electron chi connectivity index (χ4n) is 1.15. The highest BCUT2D eigenvalue weighted by Crippen LogP contribution is 2.10. The summed E-state index contributed by atoms with van der Waals surface area (Å²) in [4.78, 5) is 11.3. The fraction of sp³-hybridized carbons (Fsp3) is 0.273. The van der Waals surface area contributed by atoms with Crippen LogP contribution in [-0.4, -0.2) is 12.5 Å². The lowest BCUT2D eigenvalue weighted by Gasteiger charge is -2.04. The van der Waals surface area contributed by atoms with Crippen molar-refractivity contribution < 1.29 is 4.79 Å². The maximum absolute atomic E-state index is 11.3. The van der Waals surface area contributed by atoms with E-state index in [2.05, 4.69) is 5.32 Å². The highest BCUT2D eigenvalue weighted by atomic mass is 16.1. The van der Waals surface area contributed by atoms with Crippen molar-refractivity contribution in [1.82, 2.24) is 0 Å². The second-order valence-corrected chi connectivity index (χ2v) is 3.13. The number of amides is 1. The number of hydrogen-bond donors (Lipinski definition) is 2. The Morgan fingerprint density at radius 2 is 2.33 bits per heavy atom. The quantitative estimate of drug-likeness (QED) is 0.772. The second-order valence-electron chi connectivity index (χ2n) is 3.13. The average Bonchev–Trinajstić information content (AvgIpc) is 2.26. The van der Waals surface area contributed by atoms with Crippen molar-refractivity contribution in [2.75, 3.05) is 11.9 Å². The third-order valence-electron chi connectivity index (χ3n) is 1.88. The van der Waals surface area contributed by atoms with Crippen LogP contribution in [0.25, 0.3) is 0 Å². The van der Waals surface area contributed by atoms with E-state index in [9.17, 15) is 4.79 Å². The smallest absolute Gasteiger partial charge is 0.224 e. The number of nitrogens with zero attached hydrogens (tertiary/aromatic N) is 1. The van der Waals surface area contributed by atoms with E-state index in [1.165, 1.54) is 0 Å². The molecular weight excluding hydrogens is 190 g/mol. The van der Waals surface area contributed by atoms with Gasteiger partial charge in [-0.1, -0.05) is 6.07 Å². The lowest BCUT2D eigenvalue weighted by atomic mass is 10.2. The van der Waals surface area contributed by atoms with Crippen LogP contribution in [0.4, 0.5) is 5.69 Å². The predicted octanol–water partition coefficient (Wildman–Crippen LogP) is 1.24. The van der Waals surface area contributed by atoms with Gasteiger partial charge in [0.15, 0.2) is 0 Å². The summed E-state index contributed by atoms with van der Waals surface area (Å²) in [5, 5.41) is 11.4. The van der Waals surface area contributed by atoms with Gasteiger partial charge in [-0.15, -0.1) is 0 Å². The van der Waals surface area contributed by atoms with E-state index in [1.54, 1.807) is 24.3 Å². The number of carbonyl (C=O) groups is 1. The van der Waals surface area contributed by atoms with Crippen molar-refractivity contribution in [1.29, 1.82) is 5.26 Å². The maximum atomic E-state index is 11.3. The Morgan fingerprint density at radius 1 is 1.53 bits per heavy atom. The number of nitrogens with one attached hydrogen (secondary N) is 1. The predicted molar refractivity (Wildman–Crippen MR) is 58.1 cm³/mol. The third-order valence-corrected chi connectivity index (χ3v) is 1.88. The molecular formula is C11H13N3O. The molecule has 3 N–H and O–H groups in total. The van der Waals surface area contributed by atoms with Gasteiger partial charge in [0.1, 0.15) is 0 Å². The Morgan fingerprint density at radius 3 is 3.00 bits per heavy atom. The van der Waals surface area contributed by atoms with Crippen molar-refractivity contribution in [3.63, 3.8) is 0 Å². The van der Waals surface area contributed by atoms with Gasteiger partial charge < -0.3 is 11.1 Å². The summed E-state index contributed by atoms with van der Waals surface area (Å²) in [7, 11) is 0. The van der Waals surface area contributed by atoms with Gasteiger partial charge in [0, 0.05) is 12.1 Å². The molecule has 0 atom stereocenters. The van der Waals surface area contributed by atoms with Gasteiger partial charge >= 0.3 is 0 Å². The summed E-state index contributed by atoms with van der Waals surface area (Å²) in [6.07, 6.45) is 1.08. The number of benzene rings is 1. The normalized spacial score (nSPS) is 9.33. The largest absolute Gasteiger partial charge is 0.330 e. The van der Waals surface area contributed by atoms with E-state index in [-0.39, 0.29) is 5.91 Å². The summed E-state index contributed by atoms with van der Waals surface area (Å²) in [6.45, 7) is 0.506. The Hall–Kier alpha value is -1.86. The van der Waals surface area contributed by atoms with Gasteiger partial charge in [-0.25, -0.2) is 0 Å². The monoisotopic (exact) mass is 203 g/mol. The first-order valence-corrected chi connectivity index (χ1v) is 4.76. The summed E-state index contributed by atoms with van der Waals surface area (Å²) >= 11 is 0. The zero-order valence-electron chi connectivity index (χ0n) is 8.36. The molecule has 1 amide bonds. The van der Waals surface area contributed by atoms with Gasteiger partial charge in [-0.2, -0.15) is 5.26 Å². The average molecular weight is 203 g/mol. The van der Waals surface area contributed by atoms with Crippen LogP contribution >= 0.6 is 0 Å². The van der Waals surface area contributed by atoms with Gasteiger partial charge in [0.2, 0.25) is 5.91 Å². The van der Waals surface area contributed by atoms with Crippen LogP contribution in [0.2, 0.25) is 0 Å². The van der Waals surface area contributed by atoms with Crippen LogP contribution in [0.3, 0.4) is 0 Å². The summed E-state index contributed by atoms with van der Waals surface area (Å²) < 4.78 is 0. The first-order valence-electron chi connectivity index (χ1n) is 4.76. The molecule has 1 rings (SSSR count). The number of anilines is 1. The molecule has 0 heterocycles. The van der Waals surface area contributed by atoms with E-state index in [0.717, 1.165) is 0 Å². The van der Waals surface area contributed by atoms with Crippen LogP contribution in [0.5, 0.6) is 0 Å². The topological polar surface area (TPSA) is 78.9 Å². The number of rotatable bonds is 4. The van der Waals surface area contributed by atoms with Crippen molar-refractivity contribution in [2.45, 2.75) is 12.8 Å².